The van der Waals surface area contributed by atoms with Crippen molar-refractivity contribution in [3.63, 3.8) is 0 Å². The summed E-state index contributed by atoms with van der Waals surface area (Å²) in [5.74, 6) is -0.159. The lowest BCUT2D eigenvalue weighted by molar-refractivity contribution is -0.126. The average Bonchev–Trinajstić information content (AvgIpc) is 2.34. The molecule has 0 bridgehead atoms. The molecule has 0 aromatic heterocycles. The molecule has 1 aliphatic rings. The molecule has 102 valence electrons. The van der Waals surface area contributed by atoms with Gasteiger partial charge in [0.05, 0.1) is 5.54 Å². The van der Waals surface area contributed by atoms with Crippen molar-refractivity contribution in [2.24, 2.45) is 0 Å². The van der Waals surface area contributed by atoms with E-state index in [1.807, 2.05) is 44.2 Å². The smallest absolute Gasteiger partial charge is 0.410 e. The van der Waals surface area contributed by atoms with Crippen molar-refractivity contribution in [2.45, 2.75) is 26.0 Å². The molecule has 1 fully saturated rings. The first kappa shape index (κ1) is 13.4. The third-order valence-electron chi connectivity index (χ3n) is 2.86. The second-order valence-corrected chi connectivity index (χ2v) is 5.33. The molecular weight excluding hydrogens is 244 g/mol. The minimum Gasteiger partial charge on any atom is -0.445 e. The standard InChI is InChI=1S/C14H18N2O3/c1-14(2)10-16(8-12(17)15-14)13(18)19-9-11-6-4-3-5-7-11/h3-7H,8-10H2,1-2H3,(H,15,17). The zero-order valence-electron chi connectivity index (χ0n) is 11.2. The number of carbonyl (C=O) groups excluding carboxylic acids is 2. The maximum absolute atomic E-state index is 11.9. The quantitative estimate of drug-likeness (QED) is 0.879. The van der Waals surface area contributed by atoms with Gasteiger partial charge in [-0.25, -0.2) is 4.79 Å². The molecule has 0 atom stereocenters. The lowest BCUT2D eigenvalue weighted by Crippen LogP contribution is -2.61. The summed E-state index contributed by atoms with van der Waals surface area (Å²) >= 11 is 0. The molecular formula is C14H18N2O3. The van der Waals surface area contributed by atoms with Crippen LogP contribution in [0, 0.1) is 0 Å². The number of hydrogen-bond acceptors (Lipinski definition) is 3. The highest BCUT2D eigenvalue weighted by molar-refractivity contribution is 5.84. The Hall–Kier alpha value is -2.04. The number of amides is 2. The molecule has 5 nitrogen and oxygen atoms in total. The third kappa shape index (κ3) is 3.71. The van der Waals surface area contributed by atoms with Crippen LogP contribution in [0.1, 0.15) is 19.4 Å². The van der Waals surface area contributed by atoms with E-state index in [4.69, 9.17) is 4.74 Å². The second-order valence-electron chi connectivity index (χ2n) is 5.33. The molecule has 1 saturated heterocycles. The average molecular weight is 262 g/mol. The van der Waals surface area contributed by atoms with Gasteiger partial charge in [-0.1, -0.05) is 30.3 Å². The van der Waals surface area contributed by atoms with Crippen molar-refractivity contribution < 1.29 is 14.3 Å². The maximum atomic E-state index is 11.9. The number of hydrogen-bond donors (Lipinski definition) is 1. The van der Waals surface area contributed by atoms with Gasteiger partial charge in [-0.05, 0) is 19.4 Å². The van der Waals surface area contributed by atoms with Crippen molar-refractivity contribution >= 4 is 12.0 Å². The van der Waals surface area contributed by atoms with Gasteiger partial charge in [0.25, 0.3) is 0 Å². The highest BCUT2D eigenvalue weighted by atomic mass is 16.6. The van der Waals surface area contributed by atoms with Crippen LogP contribution in [0.4, 0.5) is 4.79 Å². The zero-order valence-corrected chi connectivity index (χ0v) is 11.2. The molecule has 1 heterocycles. The summed E-state index contributed by atoms with van der Waals surface area (Å²) in [6.45, 7) is 4.48. The molecule has 19 heavy (non-hydrogen) atoms. The van der Waals surface area contributed by atoms with Crippen molar-refractivity contribution in [1.29, 1.82) is 0 Å². The molecule has 0 spiro atoms. The number of ether oxygens (including phenoxy) is 1. The van der Waals surface area contributed by atoms with Crippen LogP contribution in [0.5, 0.6) is 0 Å². The number of piperazine rings is 1. The summed E-state index contributed by atoms with van der Waals surface area (Å²) in [5.41, 5.74) is 0.512. The molecule has 0 unspecified atom stereocenters. The van der Waals surface area contributed by atoms with Gasteiger partial charge >= 0.3 is 6.09 Å². The van der Waals surface area contributed by atoms with E-state index in [0.717, 1.165) is 5.56 Å². The number of rotatable bonds is 2. The normalized spacial score (nSPS) is 17.8. The van der Waals surface area contributed by atoms with E-state index >= 15 is 0 Å². The molecule has 5 heteroatoms. The Kier molecular flexibility index (Phi) is 3.74. The van der Waals surface area contributed by atoms with Crippen molar-refractivity contribution in [3.8, 4) is 0 Å². The SMILES string of the molecule is CC1(C)CN(C(=O)OCc2ccccc2)CC(=O)N1. The van der Waals surface area contributed by atoms with Crippen molar-refractivity contribution in [3.05, 3.63) is 35.9 Å². The molecule has 1 aliphatic heterocycles. The molecule has 2 amide bonds. The second kappa shape index (κ2) is 5.30. The van der Waals surface area contributed by atoms with Crippen LogP contribution in [0.2, 0.25) is 0 Å². The molecule has 0 radical (unpaired) electrons. The van der Waals surface area contributed by atoms with Crippen LogP contribution in [0.3, 0.4) is 0 Å². The first-order valence-corrected chi connectivity index (χ1v) is 6.23. The topological polar surface area (TPSA) is 58.6 Å². The summed E-state index contributed by atoms with van der Waals surface area (Å²) < 4.78 is 5.22. The van der Waals surface area contributed by atoms with Crippen molar-refractivity contribution in [2.75, 3.05) is 13.1 Å². The monoisotopic (exact) mass is 262 g/mol. The Morgan fingerprint density at radius 2 is 2.05 bits per heavy atom. The largest absolute Gasteiger partial charge is 0.445 e. The molecule has 0 saturated carbocycles. The van der Waals surface area contributed by atoms with Crippen LogP contribution in [0.15, 0.2) is 30.3 Å². The van der Waals surface area contributed by atoms with Gasteiger partial charge in [-0.2, -0.15) is 0 Å². The van der Waals surface area contributed by atoms with E-state index < -0.39 is 11.6 Å². The fraction of sp³-hybridized carbons (Fsp3) is 0.429. The Morgan fingerprint density at radius 1 is 1.37 bits per heavy atom. The van der Waals surface area contributed by atoms with E-state index in [0.29, 0.717) is 6.54 Å². The van der Waals surface area contributed by atoms with E-state index in [1.165, 1.54) is 4.90 Å². The van der Waals surface area contributed by atoms with E-state index in [9.17, 15) is 9.59 Å². The first-order chi connectivity index (χ1) is 8.96. The van der Waals surface area contributed by atoms with E-state index in [1.54, 1.807) is 0 Å². The van der Waals surface area contributed by atoms with Gasteiger partial charge in [0.1, 0.15) is 13.2 Å². The zero-order chi connectivity index (χ0) is 13.9. The van der Waals surface area contributed by atoms with Crippen LogP contribution in [-0.2, 0) is 16.1 Å². The lowest BCUT2D eigenvalue weighted by Gasteiger charge is -2.37. The molecule has 1 N–H and O–H groups in total. The number of nitrogens with zero attached hydrogens (tertiary/aromatic N) is 1. The van der Waals surface area contributed by atoms with Gasteiger partial charge in [0.15, 0.2) is 0 Å². The van der Waals surface area contributed by atoms with Crippen LogP contribution >= 0.6 is 0 Å². The highest BCUT2D eigenvalue weighted by Gasteiger charge is 2.33. The van der Waals surface area contributed by atoms with Gasteiger partial charge in [-0.15, -0.1) is 0 Å². The predicted octanol–water partition coefficient (Wildman–Crippen LogP) is 1.53. The maximum Gasteiger partial charge on any atom is 0.410 e. The minimum absolute atomic E-state index is 0.0526. The van der Waals surface area contributed by atoms with Gasteiger partial charge < -0.3 is 10.1 Å². The fourth-order valence-electron chi connectivity index (χ4n) is 2.10. The molecule has 1 aromatic carbocycles. The lowest BCUT2D eigenvalue weighted by atomic mass is 10.0. The Bertz CT molecular complexity index is 471. The van der Waals surface area contributed by atoms with Gasteiger partial charge in [0, 0.05) is 6.54 Å². The van der Waals surface area contributed by atoms with E-state index in [-0.39, 0.29) is 19.1 Å². The Balaban J connectivity index is 1.91. The van der Waals surface area contributed by atoms with Crippen LogP contribution in [-0.4, -0.2) is 35.5 Å². The fourth-order valence-corrected chi connectivity index (χ4v) is 2.10. The number of nitrogens with one attached hydrogen (secondary N) is 1. The highest BCUT2D eigenvalue weighted by Crippen LogP contribution is 2.12. The Morgan fingerprint density at radius 3 is 2.68 bits per heavy atom. The van der Waals surface area contributed by atoms with Crippen LogP contribution in [0.25, 0.3) is 0 Å². The first-order valence-electron chi connectivity index (χ1n) is 6.23. The molecule has 1 aromatic rings. The summed E-state index contributed by atoms with van der Waals surface area (Å²) in [4.78, 5) is 24.9. The molecule has 0 aliphatic carbocycles. The predicted molar refractivity (Wildman–Crippen MR) is 70.4 cm³/mol. The Labute approximate surface area is 112 Å². The van der Waals surface area contributed by atoms with Gasteiger partial charge in [-0.3, -0.25) is 9.69 Å². The number of benzene rings is 1. The summed E-state index contributed by atoms with van der Waals surface area (Å²) in [7, 11) is 0. The number of carbonyl (C=O) groups is 2. The minimum atomic E-state index is -0.452. The summed E-state index contributed by atoms with van der Waals surface area (Å²) in [6, 6.07) is 9.46. The summed E-state index contributed by atoms with van der Waals surface area (Å²) in [6.07, 6.45) is -0.452. The molecule has 2 rings (SSSR count). The summed E-state index contributed by atoms with van der Waals surface area (Å²) in [5, 5.41) is 2.83. The van der Waals surface area contributed by atoms with Gasteiger partial charge in [0.2, 0.25) is 5.91 Å². The third-order valence-corrected chi connectivity index (χ3v) is 2.86. The van der Waals surface area contributed by atoms with E-state index in [2.05, 4.69) is 5.32 Å². The van der Waals surface area contributed by atoms with Crippen molar-refractivity contribution in [1.82, 2.24) is 10.2 Å². The van der Waals surface area contributed by atoms with Crippen LogP contribution < -0.4 is 5.32 Å².